The number of rotatable bonds is 11. The maximum absolute atomic E-state index is 14.2. The molecule has 4 amide bonds. The van der Waals surface area contributed by atoms with Crippen LogP contribution in [0.5, 0.6) is 5.75 Å². The summed E-state index contributed by atoms with van der Waals surface area (Å²) in [6, 6.07) is 16.4. The predicted molar refractivity (Wildman–Crippen MR) is 192 cm³/mol. The summed E-state index contributed by atoms with van der Waals surface area (Å²) < 4.78 is 6.00. The van der Waals surface area contributed by atoms with Gasteiger partial charge in [0.25, 0.3) is 0 Å². The van der Waals surface area contributed by atoms with Crippen LogP contribution in [-0.2, 0) is 22.6 Å². The Morgan fingerprint density at radius 3 is 2.31 bits per heavy atom. The number of benzene rings is 2. The Hall–Kier alpha value is -3.67. The lowest BCUT2D eigenvalue weighted by atomic mass is 9.91. The second-order valence-electron chi connectivity index (χ2n) is 14.6. The van der Waals surface area contributed by atoms with E-state index >= 15 is 0 Å². The van der Waals surface area contributed by atoms with Crippen LogP contribution in [0.15, 0.2) is 48.5 Å². The van der Waals surface area contributed by atoms with Crippen LogP contribution in [0.25, 0.3) is 0 Å². The van der Waals surface area contributed by atoms with Crippen molar-refractivity contribution in [3.63, 3.8) is 0 Å². The normalized spacial score (nSPS) is 20.7. The van der Waals surface area contributed by atoms with E-state index in [0.717, 1.165) is 94.1 Å². The number of piperidine rings is 2. The van der Waals surface area contributed by atoms with E-state index in [0.29, 0.717) is 38.7 Å². The van der Waals surface area contributed by atoms with Gasteiger partial charge in [-0.25, -0.2) is 4.79 Å². The fraction of sp³-hybridized carbons (Fsp3) is 0.605. The van der Waals surface area contributed by atoms with Crippen molar-refractivity contribution in [3.8, 4) is 5.75 Å². The van der Waals surface area contributed by atoms with Crippen LogP contribution in [0.3, 0.4) is 0 Å². The van der Waals surface area contributed by atoms with Gasteiger partial charge in [-0.3, -0.25) is 14.5 Å². The van der Waals surface area contributed by atoms with Crippen molar-refractivity contribution in [2.45, 2.75) is 57.2 Å². The molecule has 0 saturated carbocycles. The fourth-order valence-corrected chi connectivity index (χ4v) is 7.82. The zero-order valence-corrected chi connectivity index (χ0v) is 29.7. The van der Waals surface area contributed by atoms with Gasteiger partial charge >= 0.3 is 6.03 Å². The molecular formula is C38H55N7O4. The van der Waals surface area contributed by atoms with Crippen molar-refractivity contribution in [1.29, 1.82) is 0 Å². The van der Waals surface area contributed by atoms with Crippen LogP contribution < -0.4 is 10.1 Å². The molecule has 11 heteroatoms. The smallest absolute Gasteiger partial charge is 0.322 e. The van der Waals surface area contributed by atoms with E-state index in [1.807, 2.05) is 71.3 Å². The van der Waals surface area contributed by atoms with Gasteiger partial charge in [-0.1, -0.05) is 30.3 Å². The average molecular weight is 674 g/mol. The molecule has 11 nitrogen and oxygen atoms in total. The van der Waals surface area contributed by atoms with E-state index in [-0.39, 0.29) is 30.3 Å². The maximum Gasteiger partial charge on any atom is 0.322 e. The van der Waals surface area contributed by atoms with Gasteiger partial charge in [-0.2, -0.15) is 0 Å². The van der Waals surface area contributed by atoms with Crippen LogP contribution in [0.4, 0.5) is 10.5 Å². The zero-order valence-electron chi connectivity index (χ0n) is 29.7. The Kier molecular flexibility index (Phi) is 11.7. The third-order valence-corrected chi connectivity index (χ3v) is 10.9. The summed E-state index contributed by atoms with van der Waals surface area (Å²) in [5.41, 5.74) is 3.00. The topological polar surface area (TPSA) is 91.9 Å². The molecule has 4 aliphatic rings. The summed E-state index contributed by atoms with van der Waals surface area (Å²) in [6.07, 6.45) is 4.10. The minimum atomic E-state index is -0.438. The first-order chi connectivity index (χ1) is 23.7. The number of hydrogen-bond donors (Lipinski definition) is 1. The molecule has 4 heterocycles. The number of urea groups is 1. The molecular weight excluding hydrogens is 618 g/mol. The lowest BCUT2D eigenvalue weighted by Crippen LogP contribution is -2.54. The number of ether oxygens (including phenoxy) is 1. The molecule has 0 aliphatic carbocycles. The highest BCUT2D eigenvalue weighted by Gasteiger charge is 2.36. The number of nitrogens with zero attached hydrogens (tertiary/aromatic N) is 6. The van der Waals surface area contributed by atoms with Crippen molar-refractivity contribution in [2.75, 3.05) is 92.0 Å². The van der Waals surface area contributed by atoms with Gasteiger partial charge in [-0.05, 0) is 82.6 Å². The molecule has 2 aromatic carbocycles. The van der Waals surface area contributed by atoms with Crippen molar-refractivity contribution in [2.24, 2.45) is 5.92 Å². The zero-order chi connectivity index (χ0) is 34.3. The minimum absolute atomic E-state index is 0.0240. The minimum Gasteiger partial charge on any atom is -0.492 e. The van der Waals surface area contributed by atoms with Crippen LogP contribution in [0, 0.1) is 5.92 Å². The fourth-order valence-electron chi connectivity index (χ4n) is 7.82. The highest BCUT2D eigenvalue weighted by atomic mass is 16.5. The van der Waals surface area contributed by atoms with Gasteiger partial charge in [0, 0.05) is 89.6 Å². The number of hydrogen-bond acceptors (Lipinski definition) is 7. The van der Waals surface area contributed by atoms with Crippen LogP contribution in [0.1, 0.15) is 43.2 Å². The Bertz CT molecular complexity index is 1430. The number of fused-ring (bicyclic) bond motifs is 1. The Morgan fingerprint density at radius 1 is 0.878 bits per heavy atom. The molecule has 0 aromatic heterocycles. The quantitative estimate of drug-likeness (QED) is 0.391. The number of amides is 4. The SMILES string of the molecule is CN(C)CCOc1cccc(CC(CC(=O)N2CCC(N3Cc4ccccc4NC3=O)CC2)C(=O)N2CCC(N3CCN(C)CC3)CC2)c1. The number of piperazine rings is 1. The molecule has 0 spiro atoms. The number of para-hydroxylation sites is 1. The van der Waals surface area contributed by atoms with Crippen molar-refractivity contribution >= 4 is 23.5 Å². The van der Waals surface area contributed by atoms with E-state index in [2.05, 4.69) is 33.1 Å². The van der Waals surface area contributed by atoms with Crippen LogP contribution in [-0.4, -0.2) is 146 Å². The van der Waals surface area contributed by atoms with Crippen molar-refractivity contribution in [3.05, 3.63) is 59.7 Å². The summed E-state index contributed by atoms with van der Waals surface area (Å²) in [4.78, 5) is 53.9. The molecule has 2 aromatic rings. The largest absolute Gasteiger partial charge is 0.492 e. The molecule has 4 aliphatic heterocycles. The lowest BCUT2D eigenvalue weighted by Gasteiger charge is -2.43. The summed E-state index contributed by atoms with van der Waals surface area (Å²) in [5.74, 6) is 0.460. The van der Waals surface area contributed by atoms with Gasteiger partial charge in [0.2, 0.25) is 11.8 Å². The number of carbonyl (C=O) groups excluding carboxylic acids is 3. The molecule has 49 heavy (non-hydrogen) atoms. The number of anilines is 1. The van der Waals surface area contributed by atoms with Gasteiger partial charge in [-0.15, -0.1) is 0 Å². The monoisotopic (exact) mass is 673 g/mol. The van der Waals surface area contributed by atoms with Crippen LogP contribution >= 0.6 is 0 Å². The molecule has 3 saturated heterocycles. The second-order valence-corrected chi connectivity index (χ2v) is 14.6. The van der Waals surface area contributed by atoms with Crippen molar-refractivity contribution < 1.29 is 19.1 Å². The summed E-state index contributed by atoms with van der Waals surface area (Å²) in [6.45, 7) is 8.99. The van der Waals surface area contributed by atoms with Gasteiger partial charge in [0.15, 0.2) is 0 Å². The van der Waals surface area contributed by atoms with E-state index in [9.17, 15) is 14.4 Å². The van der Waals surface area contributed by atoms with Gasteiger partial charge < -0.3 is 34.6 Å². The average Bonchev–Trinajstić information content (AvgIpc) is 3.11. The highest BCUT2D eigenvalue weighted by Crippen LogP contribution is 2.29. The van der Waals surface area contributed by atoms with E-state index in [1.165, 1.54) is 0 Å². The maximum atomic E-state index is 14.2. The standard InChI is InChI=1S/C38H55N7O4/c1-40(2)23-24-49-34-9-6-7-29(26-34)25-31(37(47)44-17-11-32(12-18-44)42-21-19-41(3)20-22-42)27-36(46)43-15-13-33(14-16-43)45-28-30-8-4-5-10-35(30)39-38(45)48/h4-10,26,31-33H,11-25,27-28H2,1-3H3,(H,39,48). The first-order valence-corrected chi connectivity index (χ1v) is 18.2. The molecule has 0 radical (unpaired) electrons. The molecule has 1 unspecified atom stereocenters. The number of likely N-dealkylation sites (tertiary alicyclic amines) is 2. The molecule has 266 valence electrons. The van der Waals surface area contributed by atoms with E-state index in [4.69, 9.17) is 4.74 Å². The molecule has 1 atom stereocenters. The molecule has 6 rings (SSSR count). The first kappa shape index (κ1) is 35.2. The third-order valence-electron chi connectivity index (χ3n) is 10.9. The highest BCUT2D eigenvalue weighted by molar-refractivity contribution is 5.92. The van der Waals surface area contributed by atoms with E-state index in [1.54, 1.807) is 0 Å². The Labute approximate surface area is 292 Å². The third kappa shape index (κ3) is 9.12. The summed E-state index contributed by atoms with van der Waals surface area (Å²) in [7, 11) is 6.22. The Balaban J connectivity index is 1.08. The van der Waals surface area contributed by atoms with Gasteiger partial charge in [0.05, 0.1) is 5.92 Å². The Morgan fingerprint density at radius 2 is 1.57 bits per heavy atom. The molecule has 3 fully saturated rings. The first-order valence-electron chi connectivity index (χ1n) is 18.2. The summed E-state index contributed by atoms with van der Waals surface area (Å²) >= 11 is 0. The lowest BCUT2D eigenvalue weighted by molar-refractivity contribution is -0.143. The summed E-state index contributed by atoms with van der Waals surface area (Å²) in [5, 5.41) is 3.03. The van der Waals surface area contributed by atoms with Gasteiger partial charge in [0.1, 0.15) is 12.4 Å². The second kappa shape index (κ2) is 16.4. The number of carbonyl (C=O) groups is 3. The predicted octanol–water partition coefficient (Wildman–Crippen LogP) is 3.45. The molecule has 1 N–H and O–H groups in total. The van der Waals surface area contributed by atoms with Crippen LogP contribution in [0.2, 0.25) is 0 Å². The number of likely N-dealkylation sites (N-methyl/N-ethyl adjacent to an activating group) is 2. The van der Waals surface area contributed by atoms with Crippen molar-refractivity contribution in [1.82, 2.24) is 29.4 Å². The number of nitrogens with one attached hydrogen (secondary N) is 1. The molecule has 0 bridgehead atoms. The van der Waals surface area contributed by atoms with E-state index < -0.39 is 5.92 Å².